The van der Waals surface area contributed by atoms with E-state index < -0.39 is 4.92 Å². The molecule has 0 heterocycles. The third-order valence-electron chi connectivity index (χ3n) is 2.76. The Bertz CT molecular complexity index is 695. The van der Waals surface area contributed by atoms with Crippen molar-refractivity contribution in [2.45, 2.75) is 6.54 Å². The summed E-state index contributed by atoms with van der Waals surface area (Å²) in [6.07, 6.45) is 0. The fraction of sp³-hybridized carbons (Fsp3) is 0.0714. The number of benzene rings is 2. The first kappa shape index (κ1) is 13.5. The first-order valence-corrected chi connectivity index (χ1v) is 5.77. The zero-order valence-corrected chi connectivity index (χ0v) is 10.3. The van der Waals surface area contributed by atoms with Gasteiger partial charge in [0.2, 0.25) is 0 Å². The predicted octanol–water partition coefficient (Wildman–Crippen LogP) is 3.22. The molecule has 0 amide bonds. The van der Waals surface area contributed by atoms with Gasteiger partial charge in [0.05, 0.1) is 16.2 Å². The van der Waals surface area contributed by atoms with Gasteiger partial charge in [-0.3, -0.25) is 10.1 Å². The molecule has 0 spiro atoms. The van der Waals surface area contributed by atoms with Crippen LogP contribution < -0.4 is 5.32 Å². The number of non-ortho nitro benzene ring substituents is 1. The van der Waals surface area contributed by atoms with E-state index in [1.54, 1.807) is 18.2 Å². The maximum Gasteiger partial charge on any atom is 0.270 e. The summed E-state index contributed by atoms with van der Waals surface area (Å²) in [5.74, 6) is -0.347. The average molecular weight is 271 g/mol. The Morgan fingerprint density at radius 3 is 2.70 bits per heavy atom. The molecule has 0 unspecified atom stereocenters. The SMILES string of the molecule is N#Cc1cc([N+](=O)[O-])ccc1NCc1ccccc1F. The van der Waals surface area contributed by atoms with Crippen molar-refractivity contribution in [3.8, 4) is 6.07 Å². The van der Waals surface area contributed by atoms with Crippen molar-refractivity contribution in [3.63, 3.8) is 0 Å². The van der Waals surface area contributed by atoms with E-state index in [1.807, 2.05) is 6.07 Å². The van der Waals surface area contributed by atoms with E-state index in [1.165, 1.54) is 24.3 Å². The molecular weight excluding hydrogens is 261 g/mol. The maximum atomic E-state index is 13.5. The lowest BCUT2D eigenvalue weighted by atomic mass is 10.1. The number of nitrogens with zero attached hydrogens (tertiary/aromatic N) is 2. The monoisotopic (exact) mass is 271 g/mol. The van der Waals surface area contributed by atoms with Crippen LogP contribution in [-0.2, 0) is 6.54 Å². The minimum Gasteiger partial charge on any atom is -0.380 e. The van der Waals surface area contributed by atoms with Gasteiger partial charge >= 0.3 is 0 Å². The lowest BCUT2D eigenvalue weighted by Gasteiger charge is -2.08. The van der Waals surface area contributed by atoms with Gasteiger partial charge in [-0.05, 0) is 12.1 Å². The Labute approximate surface area is 114 Å². The fourth-order valence-electron chi connectivity index (χ4n) is 1.72. The lowest BCUT2D eigenvalue weighted by molar-refractivity contribution is -0.384. The van der Waals surface area contributed by atoms with E-state index in [4.69, 9.17) is 5.26 Å². The molecule has 0 aromatic heterocycles. The zero-order chi connectivity index (χ0) is 14.5. The van der Waals surface area contributed by atoms with Crippen LogP contribution in [0.3, 0.4) is 0 Å². The smallest absolute Gasteiger partial charge is 0.270 e. The average Bonchev–Trinajstić information content (AvgIpc) is 2.46. The maximum absolute atomic E-state index is 13.5. The molecule has 2 rings (SSSR count). The van der Waals surface area contributed by atoms with Crippen molar-refractivity contribution in [2.75, 3.05) is 5.32 Å². The normalized spacial score (nSPS) is 9.80. The van der Waals surface area contributed by atoms with Crippen molar-refractivity contribution in [2.24, 2.45) is 0 Å². The number of nitriles is 1. The van der Waals surface area contributed by atoms with Gasteiger partial charge in [-0.1, -0.05) is 18.2 Å². The molecule has 0 aliphatic rings. The van der Waals surface area contributed by atoms with Gasteiger partial charge in [-0.25, -0.2) is 4.39 Å². The van der Waals surface area contributed by atoms with Crippen LogP contribution in [0.25, 0.3) is 0 Å². The molecule has 0 aliphatic heterocycles. The number of nitro groups is 1. The van der Waals surface area contributed by atoms with Crippen molar-refractivity contribution >= 4 is 11.4 Å². The van der Waals surface area contributed by atoms with Crippen LogP contribution >= 0.6 is 0 Å². The summed E-state index contributed by atoms with van der Waals surface area (Å²) in [6.45, 7) is 0.194. The largest absolute Gasteiger partial charge is 0.380 e. The molecule has 0 fully saturated rings. The van der Waals surface area contributed by atoms with Gasteiger partial charge in [0.1, 0.15) is 11.9 Å². The number of hydrogen-bond acceptors (Lipinski definition) is 4. The molecule has 0 bridgehead atoms. The van der Waals surface area contributed by atoms with Crippen LogP contribution in [0.5, 0.6) is 0 Å². The minimum absolute atomic E-state index is 0.149. The van der Waals surface area contributed by atoms with Crippen LogP contribution in [0.2, 0.25) is 0 Å². The summed E-state index contributed by atoms with van der Waals surface area (Å²) < 4.78 is 13.5. The Hall–Kier alpha value is -2.94. The third-order valence-corrected chi connectivity index (χ3v) is 2.76. The number of halogens is 1. The highest BCUT2D eigenvalue weighted by atomic mass is 19.1. The van der Waals surface area contributed by atoms with Crippen molar-refractivity contribution in [1.29, 1.82) is 5.26 Å². The molecule has 0 saturated heterocycles. The molecular formula is C14H10FN3O2. The van der Waals surface area contributed by atoms with E-state index >= 15 is 0 Å². The fourth-order valence-corrected chi connectivity index (χ4v) is 1.72. The molecule has 2 aromatic rings. The van der Waals surface area contributed by atoms with Crippen LogP contribution in [0.4, 0.5) is 15.8 Å². The van der Waals surface area contributed by atoms with Crippen LogP contribution in [-0.4, -0.2) is 4.92 Å². The molecule has 0 atom stereocenters. The van der Waals surface area contributed by atoms with Crippen molar-refractivity contribution < 1.29 is 9.31 Å². The lowest BCUT2D eigenvalue weighted by Crippen LogP contribution is -2.03. The molecule has 5 nitrogen and oxygen atoms in total. The van der Waals surface area contributed by atoms with Crippen LogP contribution in [0, 0.1) is 27.3 Å². The Kier molecular flexibility index (Phi) is 3.91. The minimum atomic E-state index is -0.568. The molecule has 0 radical (unpaired) electrons. The van der Waals surface area contributed by atoms with Gasteiger partial charge in [-0.15, -0.1) is 0 Å². The summed E-state index contributed by atoms with van der Waals surface area (Å²) in [5, 5.41) is 22.5. The molecule has 0 saturated carbocycles. The molecule has 100 valence electrons. The highest BCUT2D eigenvalue weighted by Crippen LogP contribution is 2.22. The molecule has 1 N–H and O–H groups in total. The highest BCUT2D eigenvalue weighted by Gasteiger charge is 2.10. The summed E-state index contributed by atoms with van der Waals surface area (Å²) in [7, 11) is 0. The van der Waals surface area contributed by atoms with Gasteiger partial charge in [0.25, 0.3) is 5.69 Å². The van der Waals surface area contributed by atoms with Gasteiger partial charge < -0.3 is 5.32 Å². The number of rotatable bonds is 4. The third kappa shape index (κ3) is 2.90. The number of nitro benzene ring substituents is 1. The first-order chi connectivity index (χ1) is 9.61. The van der Waals surface area contributed by atoms with E-state index in [9.17, 15) is 14.5 Å². The Morgan fingerprint density at radius 2 is 2.05 bits per heavy atom. The summed E-state index contributed by atoms with van der Waals surface area (Å²) in [6, 6.07) is 12.1. The molecule has 2 aromatic carbocycles. The quantitative estimate of drug-likeness (QED) is 0.684. The second kappa shape index (κ2) is 5.80. The van der Waals surface area contributed by atoms with E-state index in [2.05, 4.69) is 5.32 Å². The first-order valence-electron chi connectivity index (χ1n) is 5.77. The molecule has 20 heavy (non-hydrogen) atoms. The van der Waals surface area contributed by atoms with Gasteiger partial charge in [-0.2, -0.15) is 5.26 Å². The second-order valence-corrected chi connectivity index (χ2v) is 4.04. The second-order valence-electron chi connectivity index (χ2n) is 4.04. The number of anilines is 1. The summed E-state index contributed by atoms with van der Waals surface area (Å²) in [4.78, 5) is 10.1. The zero-order valence-electron chi connectivity index (χ0n) is 10.3. The van der Waals surface area contributed by atoms with Gasteiger partial charge in [0.15, 0.2) is 0 Å². The van der Waals surface area contributed by atoms with Crippen LogP contribution in [0.1, 0.15) is 11.1 Å². The Balaban J connectivity index is 2.20. The Morgan fingerprint density at radius 1 is 1.30 bits per heavy atom. The van der Waals surface area contributed by atoms with Crippen LogP contribution in [0.15, 0.2) is 42.5 Å². The van der Waals surface area contributed by atoms with Gasteiger partial charge in [0, 0.05) is 24.2 Å². The summed E-state index contributed by atoms with van der Waals surface area (Å²) >= 11 is 0. The van der Waals surface area contributed by atoms with Crippen molar-refractivity contribution in [1.82, 2.24) is 0 Å². The number of nitrogens with one attached hydrogen (secondary N) is 1. The topological polar surface area (TPSA) is 79.0 Å². The predicted molar refractivity (Wildman–Crippen MR) is 71.5 cm³/mol. The molecule has 6 heteroatoms. The standard InChI is InChI=1S/C14H10FN3O2/c15-13-4-2-1-3-10(13)9-17-14-6-5-12(18(19)20)7-11(14)8-16/h1-7,17H,9H2. The van der Waals surface area contributed by atoms with Crippen molar-refractivity contribution in [3.05, 3.63) is 69.5 Å². The van der Waals surface area contributed by atoms with E-state index in [0.717, 1.165) is 0 Å². The van der Waals surface area contributed by atoms with E-state index in [0.29, 0.717) is 11.3 Å². The highest BCUT2D eigenvalue weighted by molar-refractivity contribution is 5.61. The number of hydrogen-bond donors (Lipinski definition) is 1. The molecule has 0 aliphatic carbocycles. The summed E-state index contributed by atoms with van der Waals surface area (Å²) in [5.41, 5.74) is 0.879. The van der Waals surface area contributed by atoms with E-state index in [-0.39, 0.29) is 23.6 Å².